The fraction of sp³-hybridized carbons (Fsp3) is 0.438. The minimum Gasteiger partial charge on any atom is -0.461 e. The molecule has 1 aliphatic heterocycles. The fourth-order valence-corrected chi connectivity index (χ4v) is 3.50. The molecule has 132 valence electrons. The number of fused-ring (bicyclic) bond motifs is 1. The van der Waals surface area contributed by atoms with E-state index in [1.165, 1.54) is 0 Å². The lowest BCUT2D eigenvalue weighted by Crippen LogP contribution is -2.36. The van der Waals surface area contributed by atoms with Gasteiger partial charge in [0.25, 0.3) is 5.91 Å². The molecule has 9 heteroatoms. The van der Waals surface area contributed by atoms with E-state index in [0.29, 0.717) is 36.6 Å². The summed E-state index contributed by atoms with van der Waals surface area (Å²) in [5, 5.41) is 8.28. The molecule has 0 fully saturated rings. The van der Waals surface area contributed by atoms with Crippen molar-refractivity contribution in [1.29, 1.82) is 0 Å². The maximum absolute atomic E-state index is 12.7. The third-order valence-electron chi connectivity index (χ3n) is 4.04. The largest absolute Gasteiger partial charge is 0.461 e. The number of carbonyl (C=O) groups is 2. The van der Waals surface area contributed by atoms with Gasteiger partial charge in [0.2, 0.25) is 0 Å². The summed E-state index contributed by atoms with van der Waals surface area (Å²) in [6.45, 7) is 8.89. The number of aromatic nitrogens is 4. The van der Waals surface area contributed by atoms with Crippen molar-refractivity contribution in [1.82, 2.24) is 24.3 Å². The lowest BCUT2D eigenvalue weighted by molar-refractivity contribution is 0.0513. The van der Waals surface area contributed by atoms with Gasteiger partial charge in [-0.3, -0.25) is 9.48 Å². The molecule has 0 unspecified atom stereocenters. The van der Waals surface area contributed by atoms with Crippen LogP contribution in [0.25, 0.3) is 0 Å². The van der Waals surface area contributed by atoms with E-state index in [0.717, 1.165) is 22.8 Å². The lowest BCUT2D eigenvalue weighted by Gasteiger charge is -2.27. The van der Waals surface area contributed by atoms with Gasteiger partial charge in [-0.1, -0.05) is 10.6 Å². The number of hydrogen-bond acceptors (Lipinski definition) is 7. The van der Waals surface area contributed by atoms with Crippen LogP contribution in [0.15, 0.2) is 12.7 Å². The van der Waals surface area contributed by atoms with Crippen molar-refractivity contribution in [3.8, 4) is 0 Å². The van der Waals surface area contributed by atoms with E-state index in [9.17, 15) is 9.59 Å². The molecule has 25 heavy (non-hydrogen) atoms. The van der Waals surface area contributed by atoms with Crippen LogP contribution in [0, 0.1) is 6.92 Å². The van der Waals surface area contributed by atoms with E-state index < -0.39 is 5.97 Å². The molecule has 0 atom stereocenters. The van der Waals surface area contributed by atoms with Crippen LogP contribution < -0.4 is 0 Å². The van der Waals surface area contributed by atoms with Gasteiger partial charge < -0.3 is 9.64 Å². The predicted molar refractivity (Wildman–Crippen MR) is 91.5 cm³/mol. The second-order valence-electron chi connectivity index (χ2n) is 5.63. The standard InChI is InChI=1S/C16H19N5O3S/c1-4-7-21-12-6-8-20(15(22)14-10(3)17-19-25-14)9-11(12)13(18-21)16(23)24-5-2/h4H,1,5-9H2,2-3H3. The highest BCUT2D eigenvalue weighted by Crippen LogP contribution is 2.25. The van der Waals surface area contributed by atoms with Crippen LogP contribution in [0.3, 0.4) is 0 Å². The maximum atomic E-state index is 12.7. The van der Waals surface area contributed by atoms with Crippen LogP contribution in [0.4, 0.5) is 0 Å². The van der Waals surface area contributed by atoms with E-state index in [1.54, 1.807) is 29.5 Å². The van der Waals surface area contributed by atoms with Gasteiger partial charge in [0, 0.05) is 24.2 Å². The quantitative estimate of drug-likeness (QED) is 0.594. The van der Waals surface area contributed by atoms with Crippen molar-refractivity contribution in [3.63, 3.8) is 0 Å². The molecule has 0 N–H and O–H groups in total. The number of hydrogen-bond donors (Lipinski definition) is 0. The Morgan fingerprint density at radius 3 is 2.88 bits per heavy atom. The highest BCUT2D eigenvalue weighted by atomic mass is 32.1. The molecule has 8 nitrogen and oxygen atoms in total. The van der Waals surface area contributed by atoms with Crippen LogP contribution in [0.5, 0.6) is 0 Å². The van der Waals surface area contributed by atoms with Gasteiger partial charge in [0.15, 0.2) is 5.69 Å². The number of nitrogens with zero attached hydrogens (tertiary/aromatic N) is 5. The topological polar surface area (TPSA) is 90.2 Å². The Morgan fingerprint density at radius 1 is 1.44 bits per heavy atom. The number of esters is 1. The lowest BCUT2D eigenvalue weighted by atomic mass is 10.0. The smallest absolute Gasteiger partial charge is 0.359 e. The van der Waals surface area contributed by atoms with Crippen LogP contribution in [-0.4, -0.2) is 49.3 Å². The molecule has 0 aliphatic carbocycles. The van der Waals surface area contributed by atoms with Crippen molar-refractivity contribution < 1.29 is 14.3 Å². The Hall–Kier alpha value is -2.55. The molecule has 0 aromatic carbocycles. The summed E-state index contributed by atoms with van der Waals surface area (Å²) < 4.78 is 10.7. The molecule has 0 saturated carbocycles. The first-order chi connectivity index (χ1) is 12.1. The number of rotatable bonds is 5. The summed E-state index contributed by atoms with van der Waals surface area (Å²) in [6.07, 6.45) is 2.35. The zero-order chi connectivity index (χ0) is 18.0. The van der Waals surface area contributed by atoms with Crippen molar-refractivity contribution >= 4 is 23.4 Å². The van der Waals surface area contributed by atoms with E-state index in [-0.39, 0.29) is 18.2 Å². The Bertz CT molecular complexity index is 826. The molecule has 0 saturated heterocycles. The van der Waals surface area contributed by atoms with Crippen LogP contribution >= 0.6 is 11.5 Å². The van der Waals surface area contributed by atoms with Crippen molar-refractivity contribution in [2.24, 2.45) is 0 Å². The summed E-state index contributed by atoms with van der Waals surface area (Å²) in [5.74, 6) is -0.587. The minimum absolute atomic E-state index is 0.121. The zero-order valence-corrected chi connectivity index (χ0v) is 15.0. The average molecular weight is 361 g/mol. The van der Waals surface area contributed by atoms with E-state index in [4.69, 9.17) is 4.74 Å². The highest BCUT2D eigenvalue weighted by Gasteiger charge is 2.31. The molecule has 1 aliphatic rings. The van der Waals surface area contributed by atoms with Crippen molar-refractivity contribution in [2.75, 3.05) is 13.2 Å². The molecule has 0 radical (unpaired) electrons. The Balaban J connectivity index is 1.93. The number of amides is 1. The summed E-state index contributed by atoms with van der Waals surface area (Å²) in [7, 11) is 0. The van der Waals surface area contributed by atoms with Gasteiger partial charge in [0.05, 0.1) is 25.4 Å². The first kappa shape index (κ1) is 17.3. The molecule has 3 rings (SSSR count). The zero-order valence-electron chi connectivity index (χ0n) is 14.2. The second-order valence-corrected chi connectivity index (χ2v) is 6.38. The van der Waals surface area contributed by atoms with Gasteiger partial charge >= 0.3 is 5.97 Å². The third-order valence-corrected chi connectivity index (χ3v) is 4.85. The fourth-order valence-electron chi connectivity index (χ4n) is 2.87. The first-order valence-electron chi connectivity index (χ1n) is 8.01. The number of allylic oxidation sites excluding steroid dienone is 1. The molecule has 2 aromatic heterocycles. The normalized spacial score (nSPS) is 13.4. The molecule has 0 spiro atoms. The number of carbonyl (C=O) groups excluding carboxylic acids is 2. The van der Waals surface area contributed by atoms with E-state index in [1.807, 2.05) is 0 Å². The molecule has 1 amide bonds. The minimum atomic E-state index is -0.466. The summed E-state index contributed by atoms with van der Waals surface area (Å²) >= 11 is 1.09. The molecular formula is C16H19N5O3S. The van der Waals surface area contributed by atoms with Gasteiger partial charge in [-0.25, -0.2) is 4.79 Å². The Labute approximate surface area is 149 Å². The highest BCUT2D eigenvalue weighted by molar-refractivity contribution is 7.07. The molecule has 3 heterocycles. The summed E-state index contributed by atoms with van der Waals surface area (Å²) in [4.78, 5) is 27.2. The summed E-state index contributed by atoms with van der Waals surface area (Å²) in [6, 6.07) is 0. The predicted octanol–water partition coefficient (Wildman–Crippen LogP) is 1.60. The van der Waals surface area contributed by atoms with E-state index >= 15 is 0 Å². The third kappa shape index (κ3) is 3.19. The van der Waals surface area contributed by atoms with Gasteiger partial charge in [0.1, 0.15) is 4.88 Å². The molecule has 0 bridgehead atoms. The van der Waals surface area contributed by atoms with Crippen LogP contribution in [-0.2, 0) is 24.2 Å². The first-order valence-corrected chi connectivity index (χ1v) is 8.78. The van der Waals surface area contributed by atoms with E-state index in [2.05, 4.69) is 21.3 Å². The van der Waals surface area contributed by atoms with Crippen molar-refractivity contribution in [2.45, 2.75) is 33.4 Å². The monoisotopic (exact) mass is 361 g/mol. The molecule has 2 aromatic rings. The second kappa shape index (κ2) is 7.14. The number of ether oxygens (including phenoxy) is 1. The molecular weight excluding hydrogens is 342 g/mol. The maximum Gasteiger partial charge on any atom is 0.359 e. The Morgan fingerprint density at radius 2 is 2.24 bits per heavy atom. The SMILES string of the molecule is C=CCn1nc(C(=O)OCC)c2c1CCN(C(=O)c1snnc1C)C2. The van der Waals surface area contributed by atoms with Gasteiger partial charge in [-0.2, -0.15) is 5.10 Å². The van der Waals surface area contributed by atoms with Crippen LogP contribution in [0.2, 0.25) is 0 Å². The Kier molecular flexibility index (Phi) is 4.93. The van der Waals surface area contributed by atoms with Gasteiger partial charge in [-0.05, 0) is 25.4 Å². The van der Waals surface area contributed by atoms with Crippen LogP contribution in [0.1, 0.15) is 44.0 Å². The van der Waals surface area contributed by atoms with Gasteiger partial charge in [-0.15, -0.1) is 11.7 Å². The van der Waals surface area contributed by atoms with Crippen molar-refractivity contribution in [3.05, 3.63) is 40.2 Å². The summed E-state index contributed by atoms with van der Waals surface area (Å²) in [5.41, 5.74) is 2.59. The average Bonchev–Trinajstić information content (AvgIpc) is 3.18. The number of aryl methyl sites for hydroxylation is 1.